The molecule has 1 rings (SSSR count). The topological polar surface area (TPSA) is 79.4 Å². The molecule has 76 valence electrons. The molecule has 1 aromatic rings. The summed E-state index contributed by atoms with van der Waals surface area (Å²) in [6.45, 7) is 5.84. The minimum absolute atomic E-state index is 0.178. The smallest absolute Gasteiger partial charge is 0.174 e. The Morgan fingerprint density at radius 2 is 2.36 bits per heavy atom. The highest BCUT2D eigenvalue weighted by molar-refractivity contribution is 6.01. The van der Waals surface area contributed by atoms with Crippen molar-refractivity contribution in [2.24, 2.45) is 15.7 Å². The molecule has 1 heterocycles. The maximum absolute atomic E-state index is 5.24. The highest BCUT2D eigenvalue weighted by Crippen LogP contribution is 2.01. The SMILES string of the molecule is Cc1ncc(C(N=CN)=NC(C)C)[nH]1. The molecule has 0 aliphatic carbocycles. The first-order valence-corrected chi connectivity index (χ1v) is 4.47. The van der Waals surface area contributed by atoms with E-state index in [0.717, 1.165) is 11.5 Å². The lowest BCUT2D eigenvalue weighted by atomic mass is 10.4. The van der Waals surface area contributed by atoms with Crippen LogP contribution < -0.4 is 5.73 Å². The Bertz CT molecular complexity index is 348. The van der Waals surface area contributed by atoms with Crippen LogP contribution >= 0.6 is 0 Å². The number of aryl methyl sites for hydroxylation is 1. The molecule has 5 heteroatoms. The van der Waals surface area contributed by atoms with Gasteiger partial charge in [0.25, 0.3) is 0 Å². The molecular formula is C9H15N5. The Balaban J connectivity index is 3.00. The molecular weight excluding hydrogens is 178 g/mol. The number of rotatable bonds is 2. The van der Waals surface area contributed by atoms with Crippen LogP contribution in [0.4, 0.5) is 0 Å². The molecule has 0 aliphatic rings. The number of hydrogen-bond acceptors (Lipinski definition) is 2. The van der Waals surface area contributed by atoms with E-state index in [1.165, 1.54) is 6.34 Å². The number of nitrogens with zero attached hydrogens (tertiary/aromatic N) is 3. The lowest BCUT2D eigenvalue weighted by Crippen LogP contribution is -2.05. The van der Waals surface area contributed by atoms with E-state index in [1.807, 2.05) is 20.8 Å². The van der Waals surface area contributed by atoms with Gasteiger partial charge in [-0.1, -0.05) is 0 Å². The van der Waals surface area contributed by atoms with Gasteiger partial charge in [0.2, 0.25) is 0 Å². The van der Waals surface area contributed by atoms with Crippen molar-refractivity contribution in [3.05, 3.63) is 17.7 Å². The first-order valence-electron chi connectivity index (χ1n) is 4.47. The zero-order valence-corrected chi connectivity index (χ0v) is 8.65. The zero-order chi connectivity index (χ0) is 10.6. The van der Waals surface area contributed by atoms with Gasteiger partial charge in [0, 0.05) is 6.04 Å². The van der Waals surface area contributed by atoms with Crippen LogP contribution in [-0.4, -0.2) is 28.2 Å². The minimum Gasteiger partial charge on any atom is -0.390 e. The van der Waals surface area contributed by atoms with E-state index in [4.69, 9.17) is 5.73 Å². The molecule has 0 amide bonds. The fraction of sp³-hybridized carbons (Fsp3) is 0.444. The van der Waals surface area contributed by atoms with Crippen LogP contribution in [0.15, 0.2) is 16.2 Å². The van der Waals surface area contributed by atoms with Gasteiger partial charge in [-0.25, -0.2) is 9.98 Å². The fourth-order valence-corrected chi connectivity index (χ4v) is 1.02. The van der Waals surface area contributed by atoms with Gasteiger partial charge in [0.15, 0.2) is 5.84 Å². The van der Waals surface area contributed by atoms with Crippen molar-refractivity contribution in [3.63, 3.8) is 0 Å². The first kappa shape index (κ1) is 10.4. The largest absolute Gasteiger partial charge is 0.390 e. The van der Waals surface area contributed by atoms with Crippen molar-refractivity contribution in [3.8, 4) is 0 Å². The van der Waals surface area contributed by atoms with Crippen molar-refractivity contribution in [2.45, 2.75) is 26.8 Å². The van der Waals surface area contributed by atoms with Crippen molar-refractivity contribution < 1.29 is 0 Å². The Labute approximate surface area is 83.2 Å². The normalized spacial score (nSPS) is 13.0. The van der Waals surface area contributed by atoms with Gasteiger partial charge in [-0.2, -0.15) is 0 Å². The van der Waals surface area contributed by atoms with Crippen LogP contribution in [0.2, 0.25) is 0 Å². The summed E-state index contributed by atoms with van der Waals surface area (Å²) in [5, 5.41) is 0. The van der Waals surface area contributed by atoms with Crippen molar-refractivity contribution in [2.75, 3.05) is 0 Å². The second kappa shape index (κ2) is 4.55. The molecule has 0 aromatic carbocycles. The standard InChI is InChI=1S/C9H15N5/c1-6(2)13-9(12-5-10)8-4-11-7(3)14-8/h4-6H,1-3H3,(H,11,14)(H2,10,12,13). The van der Waals surface area contributed by atoms with E-state index in [0.29, 0.717) is 5.84 Å². The maximum atomic E-state index is 5.24. The van der Waals surface area contributed by atoms with Gasteiger partial charge >= 0.3 is 0 Å². The predicted octanol–water partition coefficient (Wildman–Crippen LogP) is 0.860. The van der Waals surface area contributed by atoms with E-state index >= 15 is 0 Å². The van der Waals surface area contributed by atoms with Gasteiger partial charge in [-0.05, 0) is 20.8 Å². The molecule has 0 aliphatic heterocycles. The highest BCUT2D eigenvalue weighted by atomic mass is 15.0. The number of H-pyrrole nitrogens is 1. The number of aliphatic imine (C=N–C) groups is 2. The Morgan fingerprint density at radius 3 is 2.79 bits per heavy atom. The van der Waals surface area contributed by atoms with Gasteiger partial charge in [0.1, 0.15) is 11.5 Å². The van der Waals surface area contributed by atoms with Gasteiger partial charge in [-0.15, -0.1) is 0 Å². The van der Waals surface area contributed by atoms with E-state index in [-0.39, 0.29) is 6.04 Å². The lowest BCUT2D eigenvalue weighted by Gasteiger charge is -2.00. The van der Waals surface area contributed by atoms with E-state index in [1.54, 1.807) is 6.20 Å². The Morgan fingerprint density at radius 1 is 1.64 bits per heavy atom. The van der Waals surface area contributed by atoms with E-state index in [2.05, 4.69) is 20.0 Å². The van der Waals surface area contributed by atoms with Gasteiger partial charge in [0.05, 0.1) is 12.5 Å². The lowest BCUT2D eigenvalue weighted by molar-refractivity contribution is 0.833. The van der Waals surface area contributed by atoms with Crippen molar-refractivity contribution in [1.82, 2.24) is 9.97 Å². The summed E-state index contributed by atoms with van der Waals surface area (Å²) >= 11 is 0. The Kier molecular flexibility index (Phi) is 3.39. The third kappa shape index (κ3) is 2.69. The number of nitrogens with two attached hydrogens (primary N) is 1. The minimum atomic E-state index is 0.178. The zero-order valence-electron chi connectivity index (χ0n) is 8.65. The number of aromatic nitrogens is 2. The third-order valence-corrected chi connectivity index (χ3v) is 1.52. The van der Waals surface area contributed by atoms with Gasteiger partial charge < -0.3 is 10.7 Å². The summed E-state index contributed by atoms with van der Waals surface area (Å²) in [7, 11) is 0. The molecule has 1 aromatic heterocycles. The van der Waals surface area contributed by atoms with Crippen LogP contribution in [0, 0.1) is 6.92 Å². The summed E-state index contributed by atoms with van der Waals surface area (Å²) in [6, 6.07) is 0.178. The summed E-state index contributed by atoms with van der Waals surface area (Å²) in [5.41, 5.74) is 6.03. The number of imidazole rings is 1. The molecule has 0 bridgehead atoms. The van der Waals surface area contributed by atoms with Crippen molar-refractivity contribution >= 4 is 12.2 Å². The molecule has 0 fully saturated rings. The maximum Gasteiger partial charge on any atom is 0.174 e. The highest BCUT2D eigenvalue weighted by Gasteiger charge is 2.04. The number of hydrogen-bond donors (Lipinski definition) is 2. The number of nitrogens with one attached hydrogen (secondary N) is 1. The van der Waals surface area contributed by atoms with Crippen LogP contribution in [0.25, 0.3) is 0 Å². The van der Waals surface area contributed by atoms with Crippen LogP contribution in [0.5, 0.6) is 0 Å². The summed E-state index contributed by atoms with van der Waals surface area (Å²) < 4.78 is 0. The first-order chi connectivity index (χ1) is 6.63. The summed E-state index contributed by atoms with van der Waals surface area (Å²) in [4.78, 5) is 15.4. The van der Waals surface area contributed by atoms with Crippen LogP contribution in [0.3, 0.4) is 0 Å². The molecule has 5 nitrogen and oxygen atoms in total. The molecule has 0 saturated carbocycles. The number of amidine groups is 1. The van der Waals surface area contributed by atoms with Gasteiger partial charge in [-0.3, -0.25) is 4.99 Å². The molecule has 0 atom stereocenters. The molecule has 0 unspecified atom stereocenters. The molecule has 14 heavy (non-hydrogen) atoms. The second-order valence-corrected chi connectivity index (χ2v) is 3.21. The van der Waals surface area contributed by atoms with E-state index < -0.39 is 0 Å². The molecule has 0 radical (unpaired) electrons. The van der Waals surface area contributed by atoms with Crippen LogP contribution in [-0.2, 0) is 0 Å². The number of aromatic amines is 1. The Hall–Kier alpha value is -1.65. The molecule has 0 saturated heterocycles. The van der Waals surface area contributed by atoms with Crippen LogP contribution in [0.1, 0.15) is 25.4 Å². The summed E-state index contributed by atoms with van der Waals surface area (Å²) in [6.07, 6.45) is 2.93. The molecule has 0 spiro atoms. The summed E-state index contributed by atoms with van der Waals surface area (Å²) in [5.74, 6) is 1.42. The van der Waals surface area contributed by atoms with Crippen molar-refractivity contribution in [1.29, 1.82) is 0 Å². The average molecular weight is 193 g/mol. The van der Waals surface area contributed by atoms with E-state index in [9.17, 15) is 0 Å². The monoisotopic (exact) mass is 193 g/mol. The molecule has 3 N–H and O–H groups in total. The second-order valence-electron chi connectivity index (χ2n) is 3.21. The average Bonchev–Trinajstić information content (AvgIpc) is 2.50. The quantitative estimate of drug-likeness (QED) is 0.539. The fourth-order valence-electron chi connectivity index (χ4n) is 1.02. The third-order valence-electron chi connectivity index (χ3n) is 1.52. The predicted molar refractivity (Wildman–Crippen MR) is 57.7 cm³/mol.